The molecule has 2 aromatic carbocycles. The van der Waals surface area contributed by atoms with Gasteiger partial charge in [-0.15, -0.1) is 0 Å². The number of carboxylic acids is 1. The van der Waals surface area contributed by atoms with Crippen LogP contribution in [0, 0.1) is 5.92 Å². The first-order chi connectivity index (χ1) is 11.2. The average molecular weight is 309 g/mol. The summed E-state index contributed by atoms with van der Waals surface area (Å²) in [6.45, 7) is 1.35. The van der Waals surface area contributed by atoms with Gasteiger partial charge in [-0.3, -0.25) is 4.79 Å². The van der Waals surface area contributed by atoms with E-state index < -0.39 is 5.97 Å². The van der Waals surface area contributed by atoms with E-state index in [-0.39, 0.29) is 18.3 Å². The fourth-order valence-electron chi connectivity index (χ4n) is 3.35. The molecule has 1 aliphatic heterocycles. The predicted molar refractivity (Wildman–Crippen MR) is 88.7 cm³/mol. The van der Waals surface area contributed by atoms with E-state index in [0.29, 0.717) is 6.54 Å². The van der Waals surface area contributed by atoms with Crippen LogP contribution in [0.25, 0.3) is 0 Å². The fourth-order valence-corrected chi connectivity index (χ4v) is 3.35. The second kappa shape index (κ2) is 6.65. The van der Waals surface area contributed by atoms with Crippen LogP contribution in [0.1, 0.15) is 17.0 Å². The standard InChI is InChI=1S/C19H19NO3/c21-13-16-11-20(12-17(16)14-6-2-1-3-7-14)18-9-5-4-8-15(18)10-19(22)23/h1-9,13,16-17H,10-12H2,(H,22,23)/t16-,17-/m1/s1. The van der Waals surface area contributed by atoms with E-state index in [2.05, 4.69) is 4.90 Å². The van der Waals surface area contributed by atoms with Gasteiger partial charge >= 0.3 is 5.97 Å². The van der Waals surface area contributed by atoms with Crippen molar-refractivity contribution in [3.63, 3.8) is 0 Å². The zero-order valence-electron chi connectivity index (χ0n) is 12.8. The molecule has 0 bridgehead atoms. The molecule has 1 aliphatic rings. The summed E-state index contributed by atoms with van der Waals surface area (Å²) in [4.78, 5) is 24.7. The zero-order chi connectivity index (χ0) is 16.2. The molecule has 4 heteroatoms. The summed E-state index contributed by atoms with van der Waals surface area (Å²) in [5.41, 5.74) is 2.86. The van der Waals surface area contributed by atoms with Gasteiger partial charge in [0.05, 0.1) is 6.42 Å². The van der Waals surface area contributed by atoms with Gasteiger partial charge in [0, 0.05) is 30.6 Å². The number of rotatable bonds is 5. The molecule has 0 spiro atoms. The van der Waals surface area contributed by atoms with Gasteiger partial charge < -0.3 is 14.8 Å². The van der Waals surface area contributed by atoms with Gasteiger partial charge in [-0.25, -0.2) is 0 Å². The van der Waals surface area contributed by atoms with E-state index in [9.17, 15) is 9.59 Å². The zero-order valence-corrected chi connectivity index (χ0v) is 12.8. The number of hydrogen-bond acceptors (Lipinski definition) is 3. The Kier molecular flexibility index (Phi) is 4.42. The number of carboxylic acid groups (broad SMARTS) is 1. The van der Waals surface area contributed by atoms with Crippen molar-refractivity contribution in [3.05, 3.63) is 65.7 Å². The number of benzene rings is 2. The van der Waals surface area contributed by atoms with Crippen molar-refractivity contribution in [1.29, 1.82) is 0 Å². The van der Waals surface area contributed by atoms with Crippen molar-refractivity contribution in [1.82, 2.24) is 0 Å². The summed E-state index contributed by atoms with van der Waals surface area (Å²) in [7, 11) is 0. The molecule has 1 heterocycles. The molecule has 0 unspecified atom stereocenters. The maximum atomic E-state index is 11.5. The van der Waals surface area contributed by atoms with Crippen LogP contribution < -0.4 is 4.90 Å². The highest BCUT2D eigenvalue weighted by Crippen LogP contribution is 2.35. The number of para-hydroxylation sites is 1. The molecule has 1 N–H and O–H groups in total. The van der Waals surface area contributed by atoms with E-state index in [1.165, 1.54) is 0 Å². The minimum Gasteiger partial charge on any atom is -0.481 e. The highest BCUT2D eigenvalue weighted by Gasteiger charge is 2.34. The summed E-state index contributed by atoms with van der Waals surface area (Å²) in [6.07, 6.45) is 1.02. The van der Waals surface area contributed by atoms with Crippen molar-refractivity contribution >= 4 is 17.9 Å². The lowest BCUT2D eigenvalue weighted by Crippen LogP contribution is -2.22. The molecule has 3 rings (SSSR count). The van der Waals surface area contributed by atoms with Gasteiger partial charge in [-0.2, -0.15) is 0 Å². The largest absolute Gasteiger partial charge is 0.481 e. The Morgan fingerprint density at radius 3 is 2.48 bits per heavy atom. The average Bonchev–Trinajstić information content (AvgIpc) is 3.00. The normalized spacial score (nSPS) is 20.4. The van der Waals surface area contributed by atoms with Crippen LogP contribution in [0.15, 0.2) is 54.6 Å². The number of carbonyl (C=O) groups excluding carboxylic acids is 1. The first kappa shape index (κ1) is 15.3. The van der Waals surface area contributed by atoms with Crippen LogP contribution in [0.5, 0.6) is 0 Å². The van der Waals surface area contributed by atoms with Crippen LogP contribution in [0.4, 0.5) is 5.69 Å². The monoisotopic (exact) mass is 309 g/mol. The highest BCUT2D eigenvalue weighted by atomic mass is 16.4. The van der Waals surface area contributed by atoms with Crippen LogP contribution in [-0.2, 0) is 16.0 Å². The van der Waals surface area contributed by atoms with Gasteiger partial charge in [0.1, 0.15) is 6.29 Å². The lowest BCUT2D eigenvalue weighted by Gasteiger charge is -2.21. The Morgan fingerprint density at radius 2 is 1.78 bits per heavy atom. The number of anilines is 1. The molecule has 2 aromatic rings. The van der Waals surface area contributed by atoms with E-state index in [1.807, 2.05) is 54.6 Å². The van der Waals surface area contributed by atoms with Gasteiger partial charge in [-0.05, 0) is 17.2 Å². The van der Waals surface area contributed by atoms with Crippen LogP contribution in [0.2, 0.25) is 0 Å². The van der Waals surface area contributed by atoms with Crippen molar-refractivity contribution in [2.75, 3.05) is 18.0 Å². The van der Waals surface area contributed by atoms with E-state index >= 15 is 0 Å². The molecule has 23 heavy (non-hydrogen) atoms. The van der Waals surface area contributed by atoms with E-state index in [0.717, 1.165) is 29.6 Å². The molecule has 0 aromatic heterocycles. The molecule has 1 fully saturated rings. The molecule has 1 saturated heterocycles. The molecule has 0 aliphatic carbocycles. The van der Waals surface area contributed by atoms with E-state index in [1.54, 1.807) is 0 Å². The summed E-state index contributed by atoms with van der Waals surface area (Å²) in [5, 5.41) is 9.09. The Bertz CT molecular complexity index is 699. The minimum atomic E-state index is -0.844. The number of aliphatic carboxylic acids is 1. The maximum Gasteiger partial charge on any atom is 0.307 e. The topological polar surface area (TPSA) is 57.6 Å². The smallest absolute Gasteiger partial charge is 0.307 e. The molecule has 118 valence electrons. The Labute approximate surface area is 135 Å². The quantitative estimate of drug-likeness (QED) is 0.863. The van der Waals surface area contributed by atoms with Gasteiger partial charge in [0.25, 0.3) is 0 Å². The van der Waals surface area contributed by atoms with Gasteiger partial charge in [0.15, 0.2) is 0 Å². The third-order valence-electron chi connectivity index (χ3n) is 4.44. The molecular formula is C19H19NO3. The second-order valence-electron chi connectivity index (χ2n) is 5.92. The van der Waals surface area contributed by atoms with Crippen LogP contribution in [-0.4, -0.2) is 30.5 Å². The van der Waals surface area contributed by atoms with Crippen molar-refractivity contribution in [3.8, 4) is 0 Å². The third kappa shape index (κ3) is 3.26. The molecular weight excluding hydrogens is 290 g/mol. The van der Waals surface area contributed by atoms with Crippen molar-refractivity contribution < 1.29 is 14.7 Å². The van der Waals surface area contributed by atoms with Gasteiger partial charge in [-0.1, -0.05) is 48.5 Å². The Morgan fingerprint density at radius 1 is 1.09 bits per heavy atom. The third-order valence-corrected chi connectivity index (χ3v) is 4.44. The minimum absolute atomic E-state index is 0.00552. The Hall–Kier alpha value is -2.62. The summed E-state index contributed by atoms with van der Waals surface area (Å²) in [6, 6.07) is 17.6. The number of nitrogens with zero attached hydrogens (tertiary/aromatic N) is 1. The number of aldehydes is 1. The summed E-state index contributed by atoms with van der Waals surface area (Å²) >= 11 is 0. The Balaban J connectivity index is 1.88. The van der Waals surface area contributed by atoms with Crippen molar-refractivity contribution in [2.45, 2.75) is 12.3 Å². The van der Waals surface area contributed by atoms with Gasteiger partial charge in [0.2, 0.25) is 0 Å². The van der Waals surface area contributed by atoms with Crippen LogP contribution in [0.3, 0.4) is 0 Å². The lowest BCUT2D eigenvalue weighted by atomic mass is 9.90. The summed E-state index contributed by atoms with van der Waals surface area (Å²) in [5.74, 6) is -0.773. The van der Waals surface area contributed by atoms with Crippen LogP contribution >= 0.6 is 0 Å². The fraction of sp³-hybridized carbons (Fsp3) is 0.263. The maximum absolute atomic E-state index is 11.5. The molecule has 0 amide bonds. The lowest BCUT2D eigenvalue weighted by molar-refractivity contribution is -0.136. The predicted octanol–water partition coefficient (Wildman–Crippen LogP) is 2.73. The first-order valence-electron chi connectivity index (χ1n) is 7.74. The number of hydrogen-bond donors (Lipinski definition) is 1. The molecule has 0 saturated carbocycles. The molecule has 0 radical (unpaired) electrons. The van der Waals surface area contributed by atoms with E-state index in [4.69, 9.17) is 5.11 Å². The summed E-state index contributed by atoms with van der Waals surface area (Å²) < 4.78 is 0. The van der Waals surface area contributed by atoms with Crippen molar-refractivity contribution in [2.24, 2.45) is 5.92 Å². The second-order valence-corrected chi connectivity index (χ2v) is 5.92. The first-order valence-corrected chi connectivity index (χ1v) is 7.74. The number of carbonyl (C=O) groups is 2. The SMILES string of the molecule is O=C[C@H]1CN(c2ccccc2CC(=O)O)C[C@@H]1c1ccccc1. The molecule has 2 atom stereocenters. The highest BCUT2D eigenvalue weighted by molar-refractivity contribution is 5.74. The molecule has 4 nitrogen and oxygen atoms in total.